The van der Waals surface area contributed by atoms with Crippen molar-refractivity contribution in [1.29, 1.82) is 0 Å². The Labute approximate surface area is 141 Å². The maximum Gasteiger partial charge on any atom is 0.0699 e. The lowest BCUT2D eigenvalue weighted by Crippen LogP contribution is -2.43. The van der Waals surface area contributed by atoms with Crippen LogP contribution >= 0.6 is 0 Å². The molecule has 0 amide bonds. The third-order valence-corrected chi connectivity index (χ3v) is 5.21. The second kappa shape index (κ2) is 6.88. The SMILES string of the molecule is CC(c1ccccc1)C(C)(C)OC(C)(C)C(C)c1ccccc1. The van der Waals surface area contributed by atoms with Crippen LogP contribution in [0, 0.1) is 0 Å². The van der Waals surface area contributed by atoms with Crippen molar-refractivity contribution >= 4 is 0 Å². The monoisotopic (exact) mass is 310 g/mol. The second-order valence-corrected chi connectivity index (χ2v) is 7.57. The molecule has 0 aliphatic heterocycles. The van der Waals surface area contributed by atoms with Gasteiger partial charge in [0.05, 0.1) is 11.2 Å². The molecule has 2 aromatic rings. The van der Waals surface area contributed by atoms with Gasteiger partial charge in [-0.2, -0.15) is 0 Å². The van der Waals surface area contributed by atoms with Crippen molar-refractivity contribution in [2.75, 3.05) is 0 Å². The molecule has 0 saturated heterocycles. The number of hydrogen-bond donors (Lipinski definition) is 0. The van der Waals surface area contributed by atoms with Crippen LogP contribution in [0.1, 0.15) is 64.5 Å². The molecule has 23 heavy (non-hydrogen) atoms. The van der Waals surface area contributed by atoms with E-state index in [-0.39, 0.29) is 11.2 Å². The van der Waals surface area contributed by atoms with E-state index in [0.717, 1.165) is 0 Å². The summed E-state index contributed by atoms with van der Waals surface area (Å²) in [6, 6.07) is 21.2. The summed E-state index contributed by atoms with van der Waals surface area (Å²) in [5.74, 6) is 0.650. The Bertz CT molecular complexity index is 543. The van der Waals surface area contributed by atoms with Crippen LogP contribution in [-0.4, -0.2) is 11.2 Å². The highest BCUT2D eigenvalue weighted by Crippen LogP contribution is 2.39. The highest BCUT2D eigenvalue weighted by molar-refractivity contribution is 5.23. The van der Waals surface area contributed by atoms with Gasteiger partial charge in [-0.25, -0.2) is 0 Å². The average Bonchev–Trinajstić information content (AvgIpc) is 2.54. The van der Waals surface area contributed by atoms with E-state index in [4.69, 9.17) is 4.74 Å². The number of hydrogen-bond acceptors (Lipinski definition) is 1. The molecule has 0 aromatic heterocycles. The predicted molar refractivity (Wildman–Crippen MR) is 99.0 cm³/mol. The molecule has 0 radical (unpaired) electrons. The van der Waals surface area contributed by atoms with E-state index in [1.165, 1.54) is 11.1 Å². The normalized spacial score (nSPS) is 15.2. The molecule has 2 rings (SSSR count). The van der Waals surface area contributed by atoms with Crippen molar-refractivity contribution in [2.45, 2.75) is 64.6 Å². The van der Waals surface area contributed by atoms with Gasteiger partial charge in [-0.15, -0.1) is 0 Å². The van der Waals surface area contributed by atoms with Crippen LogP contribution in [-0.2, 0) is 4.74 Å². The molecular weight excluding hydrogens is 280 g/mol. The summed E-state index contributed by atoms with van der Waals surface area (Å²) in [6.45, 7) is 13.3. The van der Waals surface area contributed by atoms with Gasteiger partial charge >= 0.3 is 0 Å². The van der Waals surface area contributed by atoms with Crippen LogP contribution in [0.25, 0.3) is 0 Å². The fourth-order valence-electron chi connectivity index (χ4n) is 3.14. The molecule has 2 aromatic carbocycles. The molecule has 1 heteroatoms. The zero-order chi connectivity index (χ0) is 17.1. The van der Waals surface area contributed by atoms with E-state index in [0.29, 0.717) is 11.8 Å². The van der Waals surface area contributed by atoms with Crippen LogP contribution in [0.15, 0.2) is 60.7 Å². The van der Waals surface area contributed by atoms with Crippen molar-refractivity contribution in [3.8, 4) is 0 Å². The summed E-state index contributed by atoms with van der Waals surface area (Å²) in [5, 5.41) is 0. The summed E-state index contributed by atoms with van der Waals surface area (Å²) >= 11 is 0. The third kappa shape index (κ3) is 4.23. The summed E-state index contributed by atoms with van der Waals surface area (Å²) in [7, 11) is 0. The smallest absolute Gasteiger partial charge is 0.0699 e. The fraction of sp³-hybridized carbons (Fsp3) is 0.455. The minimum Gasteiger partial charge on any atom is -0.368 e. The Morgan fingerprint density at radius 1 is 0.609 bits per heavy atom. The topological polar surface area (TPSA) is 9.23 Å². The van der Waals surface area contributed by atoms with Crippen LogP contribution in [0.4, 0.5) is 0 Å². The van der Waals surface area contributed by atoms with Crippen LogP contribution in [0.3, 0.4) is 0 Å². The first-order chi connectivity index (χ1) is 10.7. The molecule has 0 N–H and O–H groups in total. The summed E-state index contributed by atoms with van der Waals surface area (Å²) in [5.41, 5.74) is 2.16. The number of benzene rings is 2. The molecule has 0 spiro atoms. The maximum atomic E-state index is 6.66. The lowest BCUT2D eigenvalue weighted by atomic mass is 9.82. The summed E-state index contributed by atoms with van der Waals surface area (Å²) < 4.78 is 6.66. The molecule has 0 bridgehead atoms. The van der Waals surface area contributed by atoms with E-state index < -0.39 is 0 Å². The molecule has 0 aliphatic carbocycles. The Morgan fingerprint density at radius 2 is 0.913 bits per heavy atom. The fourth-order valence-corrected chi connectivity index (χ4v) is 3.14. The van der Waals surface area contributed by atoms with Crippen molar-refractivity contribution < 1.29 is 4.74 Å². The van der Waals surface area contributed by atoms with Gasteiger partial charge < -0.3 is 4.74 Å². The van der Waals surface area contributed by atoms with E-state index in [9.17, 15) is 0 Å². The van der Waals surface area contributed by atoms with Crippen LogP contribution in [0.5, 0.6) is 0 Å². The zero-order valence-corrected chi connectivity index (χ0v) is 15.3. The van der Waals surface area contributed by atoms with Gasteiger partial charge in [0.2, 0.25) is 0 Å². The quantitative estimate of drug-likeness (QED) is 0.620. The van der Waals surface area contributed by atoms with E-state index >= 15 is 0 Å². The van der Waals surface area contributed by atoms with Crippen molar-refractivity contribution in [1.82, 2.24) is 0 Å². The molecule has 0 aliphatic rings. The first kappa shape index (κ1) is 17.7. The van der Waals surface area contributed by atoms with E-state index in [2.05, 4.69) is 102 Å². The molecule has 0 heterocycles. The summed E-state index contributed by atoms with van der Waals surface area (Å²) in [6.07, 6.45) is 0. The van der Waals surface area contributed by atoms with Crippen LogP contribution < -0.4 is 0 Å². The number of ether oxygens (including phenoxy) is 1. The largest absolute Gasteiger partial charge is 0.368 e. The van der Waals surface area contributed by atoms with Crippen molar-refractivity contribution in [2.24, 2.45) is 0 Å². The van der Waals surface area contributed by atoms with E-state index in [1.807, 2.05) is 0 Å². The Kier molecular flexibility index (Phi) is 5.31. The highest BCUT2D eigenvalue weighted by atomic mass is 16.5. The van der Waals surface area contributed by atoms with Crippen molar-refractivity contribution in [3.05, 3.63) is 71.8 Å². The molecule has 2 unspecified atom stereocenters. The zero-order valence-electron chi connectivity index (χ0n) is 15.3. The number of rotatable bonds is 6. The van der Waals surface area contributed by atoms with E-state index in [1.54, 1.807) is 0 Å². The standard InChI is InChI=1S/C22H30O/c1-17(19-13-9-7-10-14-19)21(3,4)23-22(5,6)18(2)20-15-11-8-12-16-20/h7-18H,1-6H3. The highest BCUT2D eigenvalue weighted by Gasteiger charge is 2.37. The first-order valence-corrected chi connectivity index (χ1v) is 8.54. The van der Waals surface area contributed by atoms with Gasteiger partial charge in [0.15, 0.2) is 0 Å². The molecule has 2 atom stereocenters. The maximum absolute atomic E-state index is 6.66. The predicted octanol–water partition coefficient (Wildman–Crippen LogP) is 6.17. The Balaban J connectivity index is 2.18. The van der Waals surface area contributed by atoms with Gasteiger partial charge in [-0.1, -0.05) is 74.5 Å². The molecule has 1 nitrogen and oxygen atoms in total. The van der Waals surface area contributed by atoms with Gasteiger partial charge in [0.25, 0.3) is 0 Å². The lowest BCUT2D eigenvalue weighted by Gasteiger charge is -2.43. The minimum atomic E-state index is -0.242. The second-order valence-electron chi connectivity index (χ2n) is 7.57. The molecular formula is C22H30O. The Morgan fingerprint density at radius 3 is 1.22 bits per heavy atom. The molecule has 124 valence electrons. The lowest BCUT2D eigenvalue weighted by molar-refractivity contribution is -0.142. The van der Waals surface area contributed by atoms with Gasteiger partial charge in [-0.3, -0.25) is 0 Å². The van der Waals surface area contributed by atoms with Crippen LogP contribution in [0.2, 0.25) is 0 Å². The third-order valence-electron chi connectivity index (χ3n) is 5.21. The minimum absolute atomic E-state index is 0.242. The Hall–Kier alpha value is -1.60. The van der Waals surface area contributed by atoms with Gasteiger partial charge in [0.1, 0.15) is 0 Å². The average molecular weight is 310 g/mol. The van der Waals surface area contributed by atoms with Crippen molar-refractivity contribution in [3.63, 3.8) is 0 Å². The molecule has 0 saturated carbocycles. The summed E-state index contributed by atoms with van der Waals surface area (Å²) in [4.78, 5) is 0. The molecule has 0 fully saturated rings. The first-order valence-electron chi connectivity index (χ1n) is 8.54. The van der Waals surface area contributed by atoms with Gasteiger partial charge in [0, 0.05) is 11.8 Å². The van der Waals surface area contributed by atoms with Gasteiger partial charge in [-0.05, 0) is 38.8 Å².